The maximum absolute atomic E-state index is 11.9. The quantitative estimate of drug-likeness (QED) is 0.296. The molecule has 0 amide bonds. The van der Waals surface area contributed by atoms with E-state index in [9.17, 15) is 9.90 Å². The van der Waals surface area contributed by atoms with Gasteiger partial charge in [0.15, 0.2) is 0 Å². The number of ether oxygens (including phenoxy) is 1. The standard InChI is InChI=1S/C32H43N3O4/c1-33(2)15-16-34-17-18-35-29-21-24(32(37)38)11-13-26(29)30(23-9-5-3-6-10-23)31(35)27-14-12-25(22-28(27)34)39-20-8-4-7-19-36/h11-14,21-23,36H,3-10,15-20H2,1-2H3,(H,37,38). The molecule has 0 unspecified atom stereocenters. The van der Waals surface area contributed by atoms with Crippen molar-refractivity contribution in [2.75, 3.05) is 51.8 Å². The summed E-state index contributed by atoms with van der Waals surface area (Å²) in [5.41, 5.74) is 6.45. The van der Waals surface area contributed by atoms with E-state index < -0.39 is 5.97 Å². The number of likely N-dealkylation sites (N-methyl/N-ethyl adjacent to an activating group) is 1. The van der Waals surface area contributed by atoms with E-state index in [1.54, 1.807) is 6.07 Å². The summed E-state index contributed by atoms with van der Waals surface area (Å²) in [4.78, 5) is 16.6. The van der Waals surface area contributed by atoms with Crippen molar-refractivity contribution in [3.8, 4) is 17.0 Å². The molecular formula is C32H43N3O4. The largest absolute Gasteiger partial charge is 0.494 e. The predicted molar refractivity (Wildman–Crippen MR) is 157 cm³/mol. The number of hydrogen-bond acceptors (Lipinski definition) is 5. The number of hydrogen-bond donors (Lipinski definition) is 2. The van der Waals surface area contributed by atoms with E-state index in [1.807, 2.05) is 6.07 Å². The van der Waals surface area contributed by atoms with Gasteiger partial charge in [-0.05, 0) is 81.9 Å². The number of aromatic nitrogens is 1. The van der Waals surface area contributed by atoms with E-state index in [2.05, 4.69) is 52.7 Å². The molecule has 7 heteroatoms. The Balaban J connectivity index is 1.63. The number of aromatic carboxylic acids is 1. The van der Waals surface area contributed by atoms with Gasteiger partial charge in [-0.2, -0.15) is 0 Å². The number of carboxylic acids is 1. The van der Waals surface area contributed by atoms with Gasteiger partial charge in [0, 0.05) is 61.0 Å². The number of carbonyl (C=O) groups is 1. The molecule has 3 aromatic rings. The maximum Gasteiger partial charge on any atom is 0.335 e. The monoisotopic (exact) mass is 533 g/mol. The van der Waals surface area contributed by atoms with Gasteiger partial charge in [0.1, 0.15) is 5.75 Å². The second-order valence-corrected chi connectivity index (χ2v) is 11.4. The molecule has 2 aromatic carbocycles. The fraction of sp³-hybridized carbons (Fsp3) is 0.531. The van der Waals surface area contributed by atoms with Crippen LogP contribution in [0.25, 0.3) is 22.2 Å². The van der Waals surface area contributed by atoms with E-state index in [-0.39, 0.29) is 6.61 Å². The van der Waals surface area contributed by atoms with Gasteiger partial charge in [0.2, 0.25) is 0 Å². The molecule has 7 nitrogen and oxygen atoms in total. The molecule has 0 saturated heterocycles. The van der Waals surface area contributed by atoms with E-state index in [0.29, 0.717) is 18.1 Å². The van der Waals surface area contributed by atoms with Crippen LogP contribution in [0.3, 0.4) is 0 Å². The molecule has 2 aliphatic rings. The highest BCUT2D eigenvalue weighted by Gasteiger charge is 2.31. The number of rotatable bonds is 11. The van der Waals surface area contributed by atoms with Crippen LogP contribution in [0.2, 0.25) is 0 Å². The van der Waals surface area contributed by atoms with Crippen molar-refractivity contribution in [2.45, 2.75) is 63.8 Å². The lowest BCUT2D eigenvalue weighted by Gasteiger charge is -2.27. The topological polar surface area (TPSA) is 78.2 Å². The molecule has 2 heterocycles. The highest BCUT2D eigenvalue weighted by Crippen LogP contribution is 2.48. The third-order valence-corrected chi connectivity index (χ3v) is 8.41. The summed E-state index contributed by atoms with van der Waals surface area (Å²) in [5, 5.41) is 20.1. The number of carboxylic acid groups (broad SMARTS) is 1. The van der Waals surface area contributed by atoms with Crippen LogP contribution in [0.4, 0.5) is 5.69 Å². The van der Waals surface area contributed by atoms with Gasteiger partial charge in [0.25, 0.3) is 0 Å². The first-order chi connectivity index (χ1) is 19.0. The van der Waals surface area contributed by atoms with Crippen LogP contribution in [0.15, 0.2) is 36.4 Å². The van der Waals surface area contributed by atoms with Crippen LogP contribution in [0.5, 0.6) is 5.75 Å². The van der Waals surface area contributed by atoms with Gasteiger partial charge in [-0.25, -0.2) is 4.79 Å². The lowest BCUT2D eigenvalue weighted by atomic mass is 9.81. The third-order valence-electron chi connectivity index (χ3n) is 8.41. The normalized spacial score (nSPS) is 15.8. The van der Waals surface area contributed by atoms with Crippen molar-refractivity contribution in [2.24, 2.45) is 0 Å². The van der Waals surface area contributed by atoms with Crippen molar-refractivity contribution in [1.82, 2.24) is 9.47 Å². The molecule has 1 saturated carbocycles. The second kappa shape index (κ2) is 12.4. The molecule has 1 aliphatic carbocycles. The van der Waals surface area contributed by atoms with Gasteiger partial charge in [0.05, 0.1) is 17.9 Å². The van der Waals surface area contributed by atoms with Crippen LogP contribution >= 0.6 is 0 Å². The van der Waals surface area contributed by atoms with Crippen molar-refractivity contribution in [3.63, 3.8) is 0 Å². The van der Waals surface area contributed by atoms with Crippen molar-refractivity contribution >= 4 is 22.6 Å². The Hall–Kier alpha value is -3.03. The molecule has 0 bridgehead atoms. The number of aliphatic hydroxyl groups excluding tert-OH is 1. The summed E-state index contributed by atoms with van der Waals surface area (Å²) in [6.07, 6.45) is 8.84. The minimum atomic E-state index is -0.880. The van der Waals surface area contributed by atoms with E-state index in [4.69, 9.17) is 9.84 Å². The zero-order chi connectivity index (χ0) is 27.4. The van der Waals surface area contributed by atoms with Crippen molar-refractivity contribution < 1.29 is 19.7 Å². The Kier molecular flexibility index (Phi) is 8.78. The summed E-state index contributed by atoms with van der Waals surface area (Å²) in [6, 6.07) is 12.2. The number of nitrogens with zero attached hydrogens (tertiary/aromatic N) is 3. The number of anilines is 1. The molecule has 0 atom stereocenters. The molecule has 1 aliphatic heterocycles. The van der Waals surface area contributed by atoms with Gasteiger partial charge < -0.3 is 29.3 Å². The second-order valence-electron chi connectivity index (χ2n) is 11.4. The summed E-state index contributed by atoms with van der Waals surface area (Å²) in [5.74, 6) is 0.482. The van der Waals surface area contributed by atoms with E-state index in [0.717, 1.165) is 56.7 Å². The van der Waals surface area contributed by atoms with Crippen molar-refractivity contribution in [3.05, 3.63) is 47.5 Å². The molecule has 1 aromatic heterocycles. The maximum atomic E-state index is 11.9. The van der Waals surface area contributed by atoms with E-state index >= 15 is 0 Å². The number of fused-ring (bicyclic) bond motifs is 5. The number of benzene rings is 2. The molecule has 1 fully saturated rings. The van der Waals surface area contributed by atoms with Crippen LogP contribution in [0, 0.1) is 0 Å². The average molecular weight is 534 g/mol. The molecule has 5 rings (SSSR count). The van der Waals surface area contributed by atoms with Crippen molar-refractivity contribution in [1.29, 1.82) is 0 Å². The summed E-state index contributed by atoms with van der Waals surface area (Å²) >= 11 is 0. The number of aliphatic hydroxyl groups is 1. The third kappa shape index (κ3) is 5.94. The highest BCUT2D eigenvalue weighted by atomic mass is 16.5. The summed E-state index contributed by atoms with van der Waals surface area (Å²) in [6.45, 7) is 4.37. The van der Waals surface area contributed by atoms with E-state index in [1.165, 1.54) is 60.0 Å². The van der Waals surface area contributed by atoms with Gasteiger partial charge >= 0.3 is 5.97 Å². The van der Waals surface area contributed by atoms with Gasteiger partial charge in [-0.3, -0.25) is 0 Å². The molecule has 39 heavy (non-hydrogen) atoms. The first-order valence-electron chi connectivity index (χ1n) is 14.6. The summed E-state index contributed by atoms with van der Waals surface area (Å²) < 4.78 is 8.58. The lowest BCUT2D eigenvalue weighted by Crippen LogP contribution is -2.33. The minimum Gasteiger partial charge on any atom is -0.494 e. The van der Waals surface area contributed by atoms with Crippen LogP contribution in [0.1, 0.15) is 73.2 Å². The molecule has 210 valence electrons. The highest BCUT2D eigenvalue weighted by molar-refractivity contribution is 5.99. The Bertz CT molecular complexity index is 1290. The molecule has 0 radical (unpaired) electrons. The first kappa shape index (κ1) is 27.5. The Morgan fingerprint density at radius 2 is 1.85 bits per heavy atom. The Labute approximate surface area is 232 Å². The number of unbranched alkanes of at least 4 members (excludes halogenated alkanes) is 2. The SMILES string of the molecule is CN(C)CCN1CCn2c(c(C3CCCCC3)c3ccc(C(=O)O)cc32)-c2ccc(OCCCCCO)cc21. The zero-order valence-corrected chi connectivity index (χ0v) is 23.5. The van der Waals surface area contributed by atoms with Gasteiger partial charge in [-0.15, -0.1) is 0 Å². The van der Waals surface area contributed by atoms with Crippen LogP contribution in [-0.4, -0.2) is 72.6 Å². The molecular weight excluding hydrogens is 490 g/mol. The fourth-order valence-corrected chi connectivity index (χ4v) is 6.37. The molecule has 0 spiro atoms. The zero-order valence-electron chi connectivity index (χ0n) is 23.5. The Morgan fingerprint density at radius 3 is 2.59 bits per heavy atom. The smallest absolute Gasteiger partial charge is 0.335 e. The fourth-order valence-electron chi connectivity index (χ4n) is 6.37. The predicted octanol–water partition coefficient (Wildman–Crippen LogP) is 5.98. The van der Waals surface area contributed by atoms with Crippen LogP contribution < -0.4 is 9.64 Å². The molecule has 2 N–H and O–H groups in total. The summed E-state index contributed by atoms with van der Waals surface area (Å²) in [7, 11) is 4.21. The van der Waals surface area contributed by atoms with Crippen LogP contribution in [-0.2, 0) is 6.54 Å². The first-order valence-corrected chi connectivity index (χ1v) is 14.6. The lowest BCUT2D eigenvalue weighted by molar-refractivity contribution is 0.0697. The minimum absolute atomic E-state index is 0.227. The van der Waals surface area contributed by atoms with Gasteiger partial charge in [-0.1, -0.05) is 25.3 Å². The Morgan fingerprint density at radius 1 is 1.03 bits per heavy atom. The average Bonchev–Trinajstić information content (AvgIpc) is 3.17.